The maximum absolute atomic E-state index is 4.56. The standard InChI is InChI=1S/C12H18N4.ClH/c1-8-5-9(2)15-12(14-8)16-7-10-3-4-11(16)6-13-10;/h5,10-11,13H,3-4,6-7H2,1-2H3;1H. The number of nitrogens with zero attached hydrogens (tertiary/aromatic N) is 3. The van der Waals surface area contributed by atoms with Crippen LogP contribution < -0.4 is 10.2 Å². The predicted molar refractivity (Wildman–Crippen MR) is 70.9 cm³/mol. The van der Waals surface area contributed by atoms with Crippen LogP contribution in [0, 0.1) is 13.8 Å². The minimum atomic E-state index is 0. The monoisotopic (exact) mass is 254 g/mol. The van der Waals surface area contributed by atoms with E-state index in [4.69, 9.17) is 0 Å². The zero-order valence-electron chi connectivity index (χ0n) is 10.3. The van der Waals surface area contributed by atoms with Gasteiger partial charge in [-0.2, -0.15) is 0 Å². The van der Waals surface area contributed by atoms with Crippen molar-refractivity contribution in [2.24, 2.45) is 0 Å². The summed E-state index contributed by atoms with van der Waals surface area (Å²) in [5.41, 5.74) is 2.13. The molecule has 94 valence electrons. The highest BCUT2D eigenvalue weighted by molar-refractivity contribution is 5.85. The molecule has 0 radical (unpaired) electrons. The average Bonchev–Trinajstić information content (AvgIpc) is 2.29. The van der Waals surface area contributed by atoms with Crippen molar-refractivity contribution >= 4 is 18.4 Å². The minimum absolute atomic E-state index is 0. The molecule has 4 rings (SSSR count). The largest absolute Gasteiger partial charge is 0.335 e. The van der Waals surface area contributed by atoms with E-state index in [0.717, 1.165) is 30.4 Å². The van der Waals surface area contributed by atoms with Crippen molar-refractivity contribution in [2.45, 2.75) is 38.8 Å². The van der Waals surface area contributed by atoms with Crippen molar-refractivity contribution in [1.82, 2.24) is 15.3 Å². The lowest BCUT2D eigenvalue weighted by atomic mass is 9.93. The summed E-state index contributed by atoms with van der Waals surface area (Å²) < 4.78 is 0. The molecule has 0 saturated carbocycles. The number of rotatable bonds is 1. The lowest BCUT2D eigenvalue weighted by Gasteiger charge is -2.46. The number of piperazine rings is 1. The van der Waals surface area contributed by atoms with Gasteiger partial charge < -0.3 is 10.2 Å². The molecule has 0 spiro atoms. The third-order valence-electron chi connectivity index (χ3n) is 3.58. The van der Waals surface area contributed by atoms with E-state index in [2.05, 4.69) is 20.2 Å². The van der Waals surface area contributed by atoms with Crippen LogP contribution in [0.3, 0.4) is 0 Å². The molecule has 0 aromatic carbocycles. The van der Waals surface area contributed by atoms with E-state index in [1.54, 1.807) is 0 Å². The third kappa shape index (κ3) is 2.38. The molecule has 3 aliphatic heterocycles. The number of piperidine rings is 2. The Morgan fingerprint density at radius 3 is 2.41 bits per heavy atom. The highest BCUT2D eigenvalue weighted by Crippen LogP contribution is 2.25. The number of fused-ring (bicyclic) bond motifs is 3. The maximum atomic E-state index is 4.56. The Kier molecular flexibility index (Phi) is 3.54. The summed E-state index contributed by atoms with van der Waals surface area (Å²) in [6.07, 6.45) is 2.57. The minimum Gasteiger partial charge on any atom is -0.335 e. The number of nitrogens with one attached hydrogen (secondary N) is 1. The van der Waals surface area contributed by atoms with Crippen molar-refractivity contribution in [3.8, 4) is 0 Å². The molecule has 1 N–H and O–H groups in total. The summed E-state index contributed by atoms with van der Waals surface area (Å²) in [5.74, 6) is 0.925. The number of aryl methyl sites for hydroxylation is 2. The quantitative estimate of drug-likeness (QED) is 0.824. The lowest BCUT2D eigenvalue weighted by molar-refractivity contribution is 0.287. The normalized spacial score (nSPS) is 26.8. The topological polar surface area (TPSA) is 41.1 Å². The number of anilines is 1. The Morgan fingerprint density at radius 1 is 1.24 bits per heavy atom. The molecule has 3 fully saturated rings. The van der Waals surface area contributed by atoms with Gasteiger partial charge >= 0.3 is 0 Å². The van der Waals surface area contributed by atoms with Crippen LogP contribution >= 0.6 is 12.4 Å². The van der Waals surface area contributed by atoms with Crippen LogP contribution in [0.2, 0.25) is 0 Å². The fourth-order valence-corrected chi connectivity index (χ4v) is 2.79. The zero-order valence-corrected chi connectivity index (χ0v) is 11.1. The summed E-state index contributed by atoms with van der Waals surface area (Å²) in [4.78, 5) is 11.5. The Balaban J connectivity index is 0.00000108. The van der Waals surface area contributed by atoms with Crippen molar-refractivity contribution < 1.29 is 0 Å². The van der Waals surface area contributed by atoms with Gasteiger partial charge in [0, 0.05) is 36.6 Å². The second-order valence-corrected chi connectivity index (χ2v) is 4.94. The van der Waals surface area contributed by atoms with Gasteiger partial charge in [-0.05, 0) is 32.8 Å². The van der Waals surface area contributed by atoms with Gasteiger partial charge in [-0.1, -0.05) is 0 Å². The van der Waals surface area contributed by atoms with E-state index in [1.165, 1.54) is 12.8 Å². The molecule has 0 amide bonds. The fourth-order valence-electron chi connectivity index (χ4n) is 2.79. The summed E-state index contributed by atoms with van der Waals surface area (Å²) in [7, 11) is 0. The van der Waals surface area contributed by atoms with E-state index in [9.17, 15) is 0 Å². The van der Waals surface area contributed by atoms with E-state index >= 15 is 0 Å². The first-order valence-corrected chi connectivity index (χ1v) is 6.05. The maximum Gasteiger partial charge on any atom is 0.226 e. The smallest absolute Gasteiger partial charge is 0.226 e. The van der Waals surface area contributed by atoms with Gasteiger partial charge in [0.15, 0.2) is 0 Å². The van der Waals surface area contributed by atoms with Crippen LogP contribution in [0.15, 0.2) is 6.07 Å². The van der Waals surface area contributed by atoms with Gasteiger partial charge in [0.2, 0.25) is 5.95 Å². The molecule has 4 nitrogen and oxygen atoms in total. The van der Waals surface area contributed by atoms with E-state index < -0.39 is 0 Å². The zero-order chi connectivity index (χ0) is 11.1. The van der Waals surface area contributed by atoms with Gasteiger partial charge in [-0.15, -0.1) is 12.4 Å². The highest BCUT2D eigenvalue weighted by Gasteiger charge is 2.34. The number of hydrogen-bond donors (Lipinski definition) is 1. The Bertz CT molecular complexity index is 381. The summed E-state index contributed by atoms with van der Waals surface area (Å²) in [6, 6.07) is 3.25. The SMILES string of the molecule is Cc1cc(C)nc(N2CC3CCC2CN3)n1.Cl. The molecule has 5 heteroatoms. The first kappa shape index (κ1) is 12.6. The van der Waals surface area contributed by atoms with Crippen molar-refractivity contribution in [3.63, 3.8) is 0 Å². The molecule has 1 aromatic heterocycles. The number of hydrogen-bond acceptors (Lipinski definition) is 4. The summed E-state index contributed by atoms with van der Waals surface area (Å²) in [6.45, 7) is 6.23. The van der Waals surface area contributed by atoms with Gasteiger partial charge in [0.25, 0.3) is 0 Å². The summed E-state index contributed by atoms with van der Waals surface area (Å²) in [5, 5.41) is 3.55. The van der Waals surface area contributed by atoms with Crippen LogP contribution in [-0.4, -0.2) is 35.1 Å². The van der Waals surface area contributed by atoms with Crippen molar-refractivity contribution in [1.29, 1.82) is 0 Å². The first-order valence-electron chi connectivity index (χ1n) is 6.05. The molecule has 2 unspecified atom stereocenters. The van der Waals surface area contributed by atoms with Gasteiger partial charge in [0.1, 0.15) is 0 Å². The van der Waals surface area contributed by atoms with E-state index in [0.29, 0.717) is 12.1 Å². The van der Waals surface area contributed by atoms with Gasteiger partial charge in [-0.25, -0.2) is 9.97 Å². The lowest BCUT2D eigenvalue weighted by Crippen LogP contribution is -2.61. The molecule has 2 bridgehead atoms. The van der Waals surface area contributed by atoms with Crippen molar-refractivity contribution in [2.75, 3.05) is 18.0 Å². The van der Waals surface area contributed by atoms with Crippen LogP contribution in [0.4, 0.5) is 5.95 Å². The Morgan fingerprint density at radius 2 is 1.94 bits per heavy atom. The third-order valence-corrected chi connectivity index (χ3v) is 3.58. The van der Waals surface area contributed by atoms with Gasteiger partial charge in [-0.3, -0.25) is 0 Å². The Hall–Kier alpha value is -0.870. The summed E-state index contributed by atoms with van der Waals surface area (Å²) >= 11 is 0. The van der Waals surface area contributed by atoms with Crippen LogP contribution in [0.25, 0.3) is 0 Å². The molecule has 3 aliphatic rings. The second kappa shape index (κ2) is 4.78. The first-order chi connectivity index (χ1) is 7.72. The molecule has 3 saturated heterocycles. The Labute approximate surface area is 108 Å². The second-order valence-electron chi connectivity index (χ2n) is 4.94. The van der Waals surface area contributed by atoms with E-state index in [1.807, 2.05) is 19.9 Å². The number of halogens is 1. The van der Waals surface area contributed by atoms with Crippen LogP contribution in [-0.2, 0) is 0 Å². The molecule has 2 atom stereocenters. The molecule has 0 aliphatic carbocycles. The fraction of sp³-hybridized carbons (Fsp3) is 0.667. The number of aromatic nitrogens is 2. The highest BCUT2D eigenvalue weighted by atomic mass is 35.5. The predicted octanol–water partition coefficient (Wildman–Crippen LogP) is 1.46. The average molecular weight is 255 g/mol. The molecular weight excluding hydrogens is 236 g/mol. The van der Waals surface area contributed by atoms with E-state index in [-0.39, 0.29) is 12.4 Å². The van der Waals surface area contributed by atoms with Crippen molar-refractivity contribution in [3.05, 3.63) is 17.5 Å². The van der Waals surface area contributed by atoms with Gasteiger partial charge in [0.05, 0.1) is 0 Å². The van der Waals surface area contributed by atoms with Crippen LogP contribution in [0.5, 0.6) is 0 Å². The molecular formula is C12H19ClN4. The molecule has 4 heterocycles. The molecule has 1 aromatic rings. The van der Waals surface area contributed by atoms with Crippen LogP contribution in [0.1, 0.15) is 24.2 Å². The molecule has 17 heavy (non-hydrogen) atoms.